The van der Waals surface area contributed by atoms with Crippen LogP contribution in [0.1, 0.15) is 35.9 Å². The molecule has 18 heavy (non-hydrogen) atoms. The van der Waals surface area contributed by atoms with Crippen molar-refractivity contribution >= 4 is 33.3 Å². The van der Waals surface area contributed by atoms with Crippen LogP contribution in [0.15, 0.2) is 29.0 Å². The number of hydrogen-bond donors (Lipinski definition) is 0. The summed E-state index contributed by atoms with van der Waals surface area (Å²) in [6, 6.07) is 3.36. The molecule has 0 unspecified atom stereocenters. The predicted octanol–water partition coefficient (Wildman–Crippen LogP) is 3.51. The molecule has 0 saturated heterocycles. The van der Waals surface area contributed by atoms with E-state index in [-0.39, 0.29) is 11.8 Å². The van der Waals surface area contributed by atoms with E-state index in [0.29, 0.717) is 20.9 Å². The Labute approximate surface area is 118 Å². The number of hydrogen-bond acceptors (Lipinski definition) is 3. The molecule has 2 heterocycles. The van der Waals surface area contributed by atoms with Crippen LogP contribution < -0.4 is 0 Å². The minimum Gasteiger partial charge on any atom is -0.287 e. The normalized spacial score (nSPS) is 10.9. The van der Waals surface area contributed by atoms with Crippen LogP contribution >= 0.6 is 27.5 Å². The van der Waals surface area contributed by atoms with E-state index >= 15 is 0 Å². The smallest absolute Gasteiger partial charge is 0.213 e. The van der Waals surface area contributed by atoms with Gasteiger partial charge in [0.2, 0.25) is 5.78 Å². The van der Waals surface area contributed by atoms with Gasteiger partial charge < -0.3 is 0 Å². The summed E-state index contributed by atoms with van der Waals surface area (Å²) in [4.78, 5) is 16.3. The van der Waals surface area contributed by atoms with E-state index in [1.807, 2.05) is 13.8 Å². The molecule has 94 valence electrons. The standard InChI is InChI=1S/C12H11BrClN3O/c1-7(2)17-11(9(13)6-16-17)12(18)8-3-4-10(14)15-5-8/h3-7H,1-2H3. The van der Waals surface area contributed by atoms with Crippen molar-refractivity contribution in [1.29, 1.82) is 0 Å². The molecule has 0 aliphatic rings. The first-order valence-corrected chi connectivity index (χ1v) is 6.57. The number of pyridine rings is 1. The maximum absolute atomic E-state index is 12.4. The Morgan fingerprint density at radius 2 is 2.11 bits per heavy atom. The molecule has 0 amide bonds. The topological polar surface area (TPSA) is 47.8 Å². The molecule has 2 rings (SSSR count). The summed E-state index contributed by atoms with van der Waals surface area (Å²) in [7, 11) is 0. The molecule has 0 aromatic carbocycles. The second kappa shape index (κ2) is 5.20. The van der Waals surface area contributed by atoms with Gasteiger partial charge in [0.1, 0.15) is 10.8 Å². The average molecular weight is 329 g/mol. The van der Waals surface area contributed by atoms with Gasteiger partial charge in [-0.05, 0) is 41.9 Å². The van der Waals surface area contributed by atoms with Crippen LogP contribution in [0, 0.1) is 0 Å². The molecule has 0 bridgehead atoms. The Morgan fingerprint density at radius 3 is 2.67 bits per heavy atom. The van der Waals surface area contributed by atoms with E-state index in [1.54, 1.807) is 23.0 Å². The van der Waals surface area contributed by atoms with Gasteiger partial charge in [-0.3, -0.25) is 9.48 Å². The zero-order chi connectivity index (χ0) is 13.3. The van der Waals surface area contributed by atoms with Gasteiger partial charge in [0.25, 0.3) is 0 Å². The first kappa shape index (κ1) is 13.2. The Morgan fingerprint density at radius 1 is 1.39 bits per heavy atom. The van der Waals surface area contributed by atoms with Crippen LogP contribution in [0.3, 0.4) is 0 Å². The van der Waals surface area contributed by atoms with Crippen molar-refractivity contribution < 1.29 is 4.79 Å². The lowest BCUT2D eigenvalue weighted by atomic mass is 10.1. The molecule has 0 N–H and O–H groups in total. The van der Waals surface area contributed by atoms with E-state index in [1.165, 1.54) is 6.20 Å². The van der Waals surface area contributed by atoms with Crippen molar-refractivity contribution in [1.82, 2.24) is 14.8 Å². The summed E-state index contributed by atoms with van der Waals surface area (Å²) >= 11 is 9.05. The van der Waals surface area contributed by atoms with Crippen molar-refractivity contribution in [3.63, 3.8) is 0 Å². The van der Waals surface area contributed by atoms with E-state index in [9.17, 15) is 4.79 Å². The fraction of sp³-hybridized carbons (Fsp3) is 0.250. The number of halogens is 2. The number of rotatable bonds is 3. The largest absolute Gasteiger partial charge is 0.287 e. The SMILES string of the molecule is CC(C)n1ncc(Br)c1C(=O)c1ccc(Cl)nc1. The predicted molar refractivity (Wildman–Crippen MR) is 73.0 cm³/mol. The maximum Gasteiger partial charge on any atom is 0.213 e. The van der Waals surface area contributed by atoms with Crippen LogP contribution in [0.2, 0.25) is 5.15 Å². The van der Waals surface area contributed by atoms with Gasteiger partial charge in [-0.25, -0.2) is 4.98 Å². The zero-order valence-corrected chi connectivity index (χ0v) is 12.2. The van der Waals surface area contributed by atoms with Crippen molar-refractivity contribution in [2.45, 2.75) is 19.9 Å². The summed E-state index contributed by atoms with van der Waals surface area (Å²) in [5, 5.41) is 4.55. The minimum absolute atomic E-state index is 0.107. The average Bonchev–Trinajstić information content (AvgIpc) is 2.71. The molecule has 0 aliphatic heterocycles. The summed E-state index contributed by atoms with van der Waals surface area (Å²) in [6.45, 7) is 3.94. The summed E-state index contributed by atoms with van der Waals surface area (Å²) in [5.41, 5.74) is 1.01. The molecular weight excluding hydrogens is 318 g/mol. The molecule has 0 spiro atoms. The van der Waals surface area contributed by atoms with E-state index in [0.717, 1.165) is 0 Å². The summed E-state index contributed by atoms with van der Waals surface area (Å²) < 4.78 is 2.36. The van der Waals surface area contributed by atoms with E-state index < -0.39 is 0 Å². The molecule has 4 nitrogen and oxygen atoms in total. The first-order chi connectivity index (χ1) is 8.50. The molecule has 0 aliphatic carbocycles. The third kappa shape index (κ3) is 2.47. The van der Waals surface area contributed by atoms with Gasteiger partial charge in [-0.15, -0.1) is 0 Å². The van der Waals surface area contributed by atoms with Crippen LogP contribution in [-0.2, 0) is 0 Å². The Balaban J connectivity index is 2.45. The highest BCUT2D eigenvalue weighted by Gasteiger charge is 2.20. The van der Waals surface area contributed by atoms with Crippen molar-refractivity contribution in [2.75, 3.05) is 0 Å². The Kier molecular flexibility index (Phi) is 3.82. The number of carbonyl (C=O) groups excluding carboxylic acids is 1. The van der Waals surface area contributed by atoms with Crippen molar-refractivity contribution in [3.8, 4) is 0 Å². The highest BCUT2D eigenvalue weighted by atomic mass is 79.9. The maximum atomic E-state index is 12.4. The Bertz CT molecular complexity index is 578. The van der Waals surface area contributed by atoms with Gasteiger partial charge in [-0.2, -0.15) is 5.10 Å². The number of nitrogens with zero attached hydrogens (tertiary/aromatic N) is 3. The second-order valence-electron chi connectivity index (χ2n) is 4.08. The quantitative estimate of drug-likeness (QED) is 0.640. The van der Waals surface area contributed by atoms with Gasteiger partial charge in [0.15, 0.2) is 0 Å². The zero-order valence-electron chi connectivity index (χ0n) is 9.89. The number of aromatic nitrogens is 3. The molecule has 6 heteroatoms. The van der Waals surface area contributed by atoms with Crippen LogP contribution in [0.25, 0.3) is 0 Å². The third-order valence-electron chi connectivity index (χ3n) is 2.44. The lowest BCUT2D eigenvalue weighted by molar-refractivity contribution is 0.102. The highest BCUT2D eigenvalue weighted by Crippen LogP contribution is 2.22. The van der Waals surface area contributed by atoms with Gasteiger partial charge in [0.05, 0.1) is 10.7 Å². The highest BCUT2D eigenvalue weighted by molar-refractivity contribution is 9.10. The number of ketones is 1. The molecule has 2 aromatic heterocycles. The summed E-state index contributed by atoms with van der Waals surface area (Å²) in [6.07, 6.45) is 3.09. The molecule has 2 aromatic rings. The van der Waals surface area contributed by atoms with E-state index in [2.05, 4.69) is 26.0 Å². The van der Waals surface area contributed by atoms with Crippen molar-refractivity contribution in [3.05, 3.63) is 45.4 Å². The second-order valence-corrected chi connectivity index (χ2v) is 5.32. The van der Waals surface area contributed by atoms with Crippen LogP contribution in [-0.4, -0.2) is 20.5 Å². The summed E-state index contributed by atoms with van der Waals surface area (Å²) in [5.74, 6) is -0.128. The lowest BCUT2D eigenvalue weighted by Crippen LogP contribution is -2.14. The fourth-order valence-electron chi connectivity index (χ4n) is 1.59. The molecule has 0 radical (unpaired) electrons. The molecule has 0 fully saturated rings. The fourth-order valence-corrected chi connectivity index (χ4v) is 2.16. The lowest BCUT2D eigenvalue weighted by Gasteiger charge is -2.10. The van der Waals surface area contributed by atoms with Crippen LogP contribution in [0.4, 0.5) is 0 Å². The minimum atomic E-state index is -0.128. The third-order valence-corrected chi connectivity index (χ3v) is 3.25. The molecular formula is C12H11BrClN3O. The van der Waals surface area contributed by atoms with Crippen molar-refractivity contribution in [2.24, 2.45) is 0 Å². The number of carbonyl (C=O) groups is 1. The monoisotopic (exact) mass is 327 g/mol. The van der Waals surface area contributed by atoms with Gasteiger partial charge in [-0.1, -0.05) is 11.6 Å². The van der Waals surface area contributed by atoms with E-state index in [4.69, 9.17) is 11.6 Å². The molecule has 0 saturated carbocycles. The van der Waals surface area contributed by atoms with Crippen LogP contribution in [0.5, 0.6) is 0 Å². The Hall–Kier alpha value is -1.20. The molecule has 0 atom stereocenters. The van der Waals surface area contributed by atoms with Gasteiger partial charge >= 0.3 is 0 Å². The first-order valence-electron chi connectivity index (χ1n) is 5.40. The van der Waals surface area contributed by atoms with Gasteiger partial charge in [0, 0.05) is 17.8 Å².